The van der Waals surface area contributed by atoms with Crippen LogP contribution in [0.15, 0.2) is 9.81 Å². The highest BCUT2D eigenvalue weighted by Gasteiger charge is 2.26. The van der Waals surface area contributed by atoms with E-state index in [1.807, 2.05) is 0 Å². The summed E-state index contributed by atoms with van der Waals surface area (Å²) in [4.78, 5) is 0. The maximum Gasteiger partial charge on any atom is 0.260 e. The summed E-state index contributed by atoms with van der Waals surface area (Å²) in [6.45, 7) is 0. The van der Waals surface area contributed by atoms with Crippen molar-refractivity contribution in [3.8, 4) is 6.07 Å². The second-order valence-corrected chi connectivity index (χ2v) is 3.80. The van der Waals surface area contributed by atoms with E-state index in [1.165, 1.54) is 23.5 Å². The van der Waals surface area contributed by atoms with Gasteiger partial charge >= 0.3 is 0 Å². The second-order valence-electron chi connectivity index (χ2n) is 1.91. The number of nitrogens with two attached hydrogens (primary N) is 1. The van der Waals surface area contributed by atoms with Gasteiger partial charge in [-0.05, 0) is 12.5 Å². The van der Waals surface area contributed by atoms with Crippen molar-refractivity contribution in [1.82, 2.24) is 0 Å². The molecule has 0 amide bonds. The molecule has 0 bridgehead atoms. The molecule has 4 N–H and O–H groups in total. The van der Waals surface area contributed by atoms with Crippen molar-refractivity contribution in [2.75, 3.05) is 12.5 Å². The monoisotopic (exact) mass is 206 g/mol. The van der Waals surface area contributed by atoms with E-state index >= 15 is 0 Å². The quantitative estimate of drug-likeness (QED) is 0.446. The van der Waals surface area contributed by atoms with E-state index in [1.54, 1.807) is 18.6 Å². The predicted molar refractivity (Wildman–Crippen MR) is 51.0 cm³/mol. The lowest BCUT2D eigenvalue weighted by molar-refractivity contribution is -0.118. The number of hydrogen-bond donors (Lipinski definition) is 3. The lowest BCUT2D eigenvalue weighted by Gasteiger charge is -2.16. The average molecular weight is 206 g/mol. The van der Waals surface area contributed by atoms with Gasteiger partial charge in [0.2, 0.25) is 0 Å². The van der Waals surface area contributed by atoms with Crippen LogP contribution < -0.4 is 5.73 Å². The summed E-state index contributed by atoms with van der Waals surface area (Å²) in [5, 5.41) is 26.4. The van der Waals surface area contributed by atoms with E-state index in [2.05, 4.69) is 0 Å². The molecular weight excluding hydrogens is 196 g/mol. The Morgan fingerprint density at radius 2 is 1.83 bits per heavy atom. The van der Waals surface area contributed by atoms with Crippen LogP contribution in [0.2, 0.25) is 0 Å². The van der Waals surface area contributed by atoms with Gasteiger partial charge in [0.05, 0.1) is 4.24 Å². The average Bonchev–Trinajstić information content (AvgIpc) is 1.97. The molecule has 0 saturated carbocycles. The number of nitrogens with zero attached hydrogens (tertiary/aromatic N) is 1. The van der Waals surface area contributed by atoms with Crippen LogP contribution in [0.5, 0.6) is 0 Å². The Morgan fingerprint density at radius 1 is 1.42 bits per heavy atom. The second kappa shape index (κ2) is 4.74. The fourth-order valence-corrected chi connectivity index (χ4v) is 2.03. The smallest absolute Gasteiger partial charge is 0.260 e. The molecule has 0 aliphatic rings. The fraction of sp³-hybridized carbons (Fsp3) is 0.500. The van der Waals surface area contributed by atoms with Crippen LogP contribution in [0.4, 0.5) is 0 Å². The van der Waals surface area contributed by atoms with Gasteiger partial charge in [0, 0.05) is 0 Å². The van der Waals surface area contributed by atoms with Crippen LogP contribution in [-0.2, 0) is 0 Å². The van der Waals surface area contributed by atoms with Crippen LogP contribution in [0.1, 0.15) is 0 Å². The zero-order valence-corrected chi connectivity index (χ0v) is 8.37. The molecule has 0 saturated heterocycles. The molecule has 0 aliphatic heterocycles. The molecule has 0 spiro atoms. The van der Waals surface area contributed by atoms with Gasteiger partial charge in [-0.2, -0.15) is 5.26 Å². The van der Waals surface area contributed by atoms with Crippen LogP contribution in [0, 0.1) is 11.3 Å². The van der Waals surface area contributed by atoms with E-state index in [4.69, 9.17) is 21.2 Å². The minimum atomic E-state index is -2.53. The maximum atomic E-state index is 8.94. The van der Waals surface area contributed by atoms with Gasteiger partial charge in [0.1, 0.15) is 11.6 Å². The molecule has 0 aliphatic carbocycles. The Hall–Kier alpha value is -0.190. The van der Waals surface area contributed by atoms with Gasteiger partial charge in [-0.25, -0.2) is 0 Å². The van der Waals surface area contributed by atoms with Crippen molar-refractivity contribution in [2.24, 2.45) is 5.73 Å². The first-order valence-electron chi connectivity index (χ1n) is 2.93. The number of aliphatic hydroxyl groups is 2. The highest BCUT2D eigenvalue weighted by molar-refractivity contribution is 8.21. The van der Waals surface area contributed by atoms with Crippen molar-refractivity contribution >= 4 is 23.5 Å². The molecule has 12 heavy (non-hydrogen) atoms. The third-order valence-corrected chi connectivity index (χ3v) is 3.20. The van der Waals surface area contributed by atoms with Gasteiger partial charge < -0.3 is 10.2 Å². The molecule has 4 nitrogen and oxygen atoms in total. The van der Waals surface area contributed by atoms with E-state index in [0.717, 1.165) is 0 Å². The molecule has 0 aromatic carbocycles. The largest absolute Gasteiger partial charge is 0.349 e. The SMILES string of the molecule is CSC(SC)=C(C#N)C(N)(O)O. The van der Waals surface area contributed by atoms with Gasteiger partial charge in [-0.15, -0.1) is 23.5 Å². The Morgan fingerprint density at radius 3 is 1.92 bits per heavy atom. The van der Waals surface area contributed by atoms with Crippen LogP contribution in [-0.4, -0.2) is 28.6 Å². The zero-order valence-electron chi connectivity index (χ0n) is 6.74. The minimum absolute atomic E-state index is 0.220. The third kappa shape index (κ3) is 3.05. The zero-order chi connectivity index (χ0) is 9.78. The summed E-state index contributed by atoms with van der Waals surface area (Å²) in [6, 6.07) is 1.66. The van der Waals surface area contributed by atoms with E-state index in [9.17, 15) is 0 Å². The predicted octanol–water partition coefficient (Wildman–Crippen LogP) is 0.0447. The molecule has 68 valence electrons. The first-order valence-corrected chi connectivity index (χ1v) is 5.38. The van der Waals surface area contributed by atoms with Gasteiger partial charge in [0.25, 0.3) is 5.91 Å². The Kier molecular flexibility index (Phi) is 4.67. The Balaban J connectivity index is 5.00. The van der Waals surface area contributed by atoms with Crippen molar-refractivity contribution < 1.29 is 10.2 Å². The van der Waals surface area contributed by atoms with Gasteiger partial charge in [-0.3, -0.25) is 5.73 Å². The van der Waals surface area contributed by atoms with E-state index in [-0.39, 0.29) is 5.57 Å². The summed E-state index contributed by atoms with van der Waals surface area (Å²) in [5.41, 5.74) is 4.73. The molecule has 0 aromatic rings. The molecular formula is C6H10N2O2S2. The van der Waals surface area contributed by atoms with Crippen molar-refractivity contribution in [3.63, 3.8) is 0 Å². The molecule has 6 heteroatoms. The van der Waals surface area contributed by atoms with E-state index in [0.29, 0.717) is 4.24 Å². The minimum Gasteiger partial charge on any atom is -0.349 e. The molecule has 0 radical (unpaired) electrons. The highest BCUT2D eigenvalue weighted by atomic mass is 32.2. The van der Waals surface area contributed by atoms with Gasteiger partial charge in [-0.1, -0.05) is 0 Å². The lowest BCUT2D eigenvalue weighted by Crippen LogP contribution is -2.41. The first kappa shape index (κ1) is 11.8. The van der Waals surface area contributed by atoms with Crippen LogP contribution in [0.3, 0.4) is 0 Å². The topological polar surface area (TPSA) is 90.3 Å². The number of thioether (sulfide) groups is 2. The first-order chi connectivity index (χ1) is 5.47. The summed E-state index contributed by atoms with van der Waals surface area (Å²) in [5.74, 6) is -2.53. The molecule has 0 atom stereocenters. The molecule has 0 rings (SSSR count). The highest BCUT2D eigenvalue weighted by Crippen LogP contribution is 2.29. The van der Waals surface area contributed by atoms with Gasteiger partial charge in [0.15, 0.2) is 0 Å². The number of nitriles is 1. The van der Waals surface area contributed by atoms with E-state index < -0.39 is 5.91 Å². The Labute approximate surface area is 79.4 Å². The summed E-state index contributed by atoms with van der Waals surface area (Å²) >= 11 is 2.50. The fourth-order valence-electron chi connectivity index (χ4n) is 0.566. The van der Waals surface area contributed by atoms with Crippen molar-refractivity contribution in [3.05, 3.63) is 9.81 Å². The molecule has 0 unspecified atom stereocenters. The number of hydrogen-bond acceptors (Lipinski definition) is 6. The molecule has 0 fully saturated rings. The maximum absolute atomic E-state index is 8.94. The number of rotatable bonds is 3. The summed E-state index contributed by atoms with van der Waals surface area (Å²) in [7, 11) is 0. The van der Waals surface area contributed by atoms with Crippen molar-refractivity contribution in [1.29, 1.82) is 5.26 Å². The molecule has 0 heterocycles. The standard InChI is InChI=1S/C6H10N2O2S2/c1-11-5(12-2)4(3-7)6(8,9)10/h9-10H,8H2,1-2H3. The Bertz CT molecular complexity index is 221. The van der Waals surface area contributed by atoms with Crippen molar-refractivity contribution in [2.45, 2.75) is 5.91 Å². The molecule has 0 aromatic heterocycles. The summed E-state index contributed by atoms with van der Waals surface area (Å²) in [6.07, 6.45) is 3.46. The normalized spacial score (nSPS) is 10.7. The van der Waals surface area contributed by atoms with Crippen LogP contribution >= 0.6 is 23.5 Å². The third-order valence-electron chi connectivity index (χ3n) is 1.05. The summed E-state index contributed by atoms with van der Waals surface area (Å²) < 4.78 is 0.505. The van der Waals surface area contributed by atoms with Crippen LogP contribution in [0.25, 0.3) is 0 Å². The lowest BCUT2D eigenvalue weighted by atomic mass is 10.2.